The minimum atomic E-state index is -1.07. The summed E-state index contributed by atoms with van der Waals surface area (Å²) >= 11 is 0. The highest BCUT2D eigenvalue weighted by molar-refractivity contribution is 5.88. The second-order valence-electron chi connectivity index (χ2n) is 4.27. The van der Waals surface area contributed by atoms with Crippen molar-refractivity contribution in [2.45, 2.75) is 6.92 Å². The predicted octanol–water partition coefficient (Wildman–Crippen LogP) is 2.40. The van der Waals surface area contributed by atoms with Crippen LogP contribution in [0.25, 0.3) is 16.9 Å². The lowest BCUT2D eigenvalue weighted by Gasteiger charge is -1.98. The number of aromatic carboxylic acids is 1. The summed E-state index contributed by atoms with van der Waals surface area (Å²) in [6.45, 7) is 2.00. The van der Waals surface area contributed by atoms with Crippen molar-refractivity contribution >= 4 is 11.6 Å². The van der Waals surface area contributed by atoms with Crippen LogP contribution in [0.5, 0.6) is 0 Å². The highest BCUT2D eigenvalue weighted by Crippen LogP contribution is 2.23. The number of nitrogens with zero attached hydrogens (tertiary/aromatic N) is 3. The smallest absolute Gasteiger partial charge is 0.372 e. The number of carbonyl (C=O) groups is 1. The first-order valence-electron chi connectivity index (χ1n) is 5.80. The Balaban J connectivity index is 2.29. The van der Waals surface area contributed by atoms with Crippen molar-refractivity contribution in [3.8, 4) is 11.3 Å². The van der Waals surface area contributed by atoms with Gasteiger partial charge in [-0.2, -0.15) is 0 Å². The lowest BCUT2D eigenvalue weighted by Crippen LogP contribution is -2.03. The first-order chi connectivity index (χ1) is 9.16. The number of hydrogen-bond acceptors (Lipinski definition) is 3. The van der Waals surface area contributed by atoms with E-state index in [2.05, 4.69) is 9.97 Å². The number of carboxylic acids is 1. The molecule has 0 radical (unpaired) electrons. The Morgan fingerprint density at radius 1 is 1.26 bits per heavy atom. The van der Waals surface area contributed by atoms with Crippen molar-refractivity contribution in [1.29, 1.82) is 0 Å². The molecule has 2 heterocycles. The first-order valence-corrected chi connectivity index (χ1v) is 5.80. The van der Waals surface area contributed by atoms with Gasteiger partial charge < -0.3 is 5.11 Å². The van der Waals surface area contributed by atoms with E-state index in [9.17, 15) is 9.90 Å². The number of imidazole rings is 1. The zero-order valence-electron chi connectivity index (χ0n) is 10.2. The predicted molar refractivity (Wildman–Crippen MR) is 70.1 cm³/mol. The summed E-state index contributed by atoms with van der Waals surface area (Å²) in [6.07, 6.45) is 3.27. The Kier molecular flexibility index (Phi) is 2.52. The maximum atomic E-state index is 11.2. The molecule has 0 amide bonds. The Morgan fingerprint density at radius 3 is 2.68 bits per heavy atom. The van der Waals surface area contributed by atoms with E-state index in [1.54, 1.807) is 18.5 Å². The summed E-state index contributed by atoms with van der Waals surface area (Å²) in [5, 5.41) is 9.18. The van der Waals surface area contributed by atoms with Crippen LogP contribution in [0.3, 0.4) is 0 Å². The molecule has 3 aromatic rings. The van der Waals surface area contributed by atoms with Crippen LogP contribution in [0.2, 0.25) is 0 Å². The second-order valence-corrected chi connectivity index (χ2v) is 4.27. The summed E-state index contributed by atoms with van der Waals surface area (Å²) in [5.41, 5.74) is 3.12. The molecule has 1 aromatic carbocycles. The topological polar surface area (TPSA) is 67.5 Å². The van der Waals surface area contributed by atoms with Crippen LogP contribution in [-0.2, 0) is 0 Å². The van der Waals surface area contributed by atoms with Gasteiger partial charge in [-0.15, -0.1) is 0 Å². The zero-order chi connectivity index (χ0) is 13.4. The van der Waals surface area contributed by atoms with E-state index >= 15 is 0 Å². The Morgan fingerprint density at radius 2 is 2.00 bits per heavy atom. The maximum absolute atomic E-state index is 11.2. The van der Waals surface area contributed by atoms with Crippen LogP contribution in [0.15, 0.2) is 42.7 Å². The molecule has 1 N–H and O–H groups in total. The van der Waals surface area contributed by atoms with Crippen molar-refractivity contribution in [2.24, 2.45) is 0 Å². The van der Waals surface area contributed by atoms with E-state index in [1.807, 2.05) is 31.2 Å². The van der Waals surface area contributed by atoms with E-state index in [-0.39, 0.29) is 5.82 Å². The molecule has 0 spiro atoms. The first kappa shape index (κ1) is 11.4. The Bertz CT molecular complexity index is 760. The van der Waals surface area contributed by atoms with Crippen molar-refractivity contribution in [3.63, 3.8) is 0 Å². The van der Waals surface area contributed by atoms with Gasteiger partial charge in [-0.25, -0.2) is 14.8 Å². The van der Waals surface area contributed by atoms with Crippen molar-refractivity contribution in [2.75, 3.05) is 0 Å². The van der Waals surface area contributed by atoms with Crippen molar-refractivity contribution < 1.29 is 9.90 Å². The monoisotopic (exact) mass is 253 g/mol. The molecule has 0 bridgehead atoms. The molecule has 0 unspecified atom stereocenters. The van der Waals surface area contributed by atoms with Crippen LogP contribution in [0, 0.1) is 6.92 Å². The van der Waals surface area contributed by atoms with Crippen LogP contribution in [-0.4, -0.2) is 25.4 Å². The minimum Gasteiger partial charge on any atom is -0.475 e. The highest BCUT2D eigenvalue weighted by Gasteiger charge is 2.17. The molecule has 0 saturated heterocycles. The minimum absolute atomic E-state index is 0.0290. The summed E-state index contributed by atoms with van der Waals surface area (Å²) in [4.78, 5) is 19.6. The van der Waals surface area contributed by atoms with Gasteiger partial charge in [-0.1, -0.05) is 29.8 Å². The summed E-state index contributed by atoms with van der Waals surface area (Å²) in [6, 6.07) is 9.43. The lowest BCUT2D eigenvalue weighted by molar-refractivity contribution is 0.0683. The third-order valence-corrected chi connectivity index (χ3v) is 2.92. The number of aryl methyl sites for hydroxylation is 1. The SMILES string of the molecule is Cc1ccc(-c2nc(C(=O)O)n3cccnc23)cc1. The molecule has 94 valence electrons. The number of carboxylic acid groups (broad SMARTS) is 1. The van der Waals surface area contributed by atoms with Crippen molar-refractivity contribution in [1.82, 2.24) is 14.4 Å². The number of aromatic nitrogens is 3. The van der Waals surface area contributed by atoms with E-state index in [0.29, 0.717) is 11.3 Å². The molecule has 2 aromatic heterocycles. The van der Waals surface area contributed by atoms with Crippen LogP contribution in [0.4, 0.5) is 0 Å². The lowest BCUT2D eigenvalue weighted by atomic mass is 10.1. The fourth-order valence-corrected chi connectivity index (χ4v) is 1.98. The molecule has 0 aliphatic rings. The van der Waals surface area contributed by atoms with Gasteiger partial charge in [-0.05, 0) is 13.0 Å². The Labute approximate surface area is 109 Å². The van der Waals surface area contributed by atoms with Crippen LogP contribution < -0.4 is 0 Å². The number of benzene rings is 1. The van der Waals surface area contributed by atoms with Gasteiger partial charge in [0.2, 0.25) is 5.82 Å². The van der Waals surface area contributed by atoms with E-state index in [1.165, 1.54) is 4.40 Å². The van der Waals surface area contributed by atoms with Gasteiger partial charge in [0.1, 0.15) is 5.69 Å². The zero-order valence-corrected chi connectivity index (χ0v) is 10.2. The third-order valence-electron chi connectivity index (χ3n) is 2.92. The van der Waals surface area contributed by atoms with Gasteiger partial charge in [0.15, 0.2) is 5.65 Å². The van der Waals surface area contributed by atoms with E-state index in [0.717, 1.165) is 11.1 Å². The van der Waals surface area contributed by atoms with E-state index < -0.39 is 5.97 Å². The third kappa shape index (κ3) is 1.85. The van der Waals surface area contributed by atoms with Gasteiger partial charge in [0.25, 0.3) is 0 Å². The van der Waals surface area contributed by atoms with Crippen LogP contribution >= 0.6 is 0 Å². The molecular formula is C14H11N3O2. The maximum Gasteiger partial charge on any atom is 0.372 e. The van der Waals surface area contributed by atoms with Crippen molar-refractivity contribution in [3.05, 3.63) is 54.1 Å². The molecule has 0 fully saturated rings. The highest BCUT2D eigenvalue weighted by atomic mass is 16.4. The largest absolute Gasteiger partial charge is 0.475 e. The number of rotatable bonds is 2. The van der Waals surface area contributed by atoms with E-state index in [4.69, 9.17) is 0 Å². The summed E-state index contributed by atoms with van der Waals surface area (Å²) < 4.78 is 1.48. The normalized spacial score (nSPS) is 10.8. The number of hydrogen-bond donors (Lipinski definition) is 1. The van der Waals surface area contributed by atoms with Gasteiger partial charge >= 0.3 is 5.97 Å². The molecular weight excluding hydrogens is 242 g/mol. The number of fused-ring (bicyclic) bond motifs is 1. The molecule has 5 heteroatoms. The fourth-order valence-electron chi connectivity index (χ4n) is 1.98. The average Bonchev–Trinajstić information content (AvgIpc) is 2.79. The molecule has 0 atom stereocenters. The Hall–Kier alpha value is -2.69. The molecule has 3 rings (SSSR count). The van der Waals surface area contributed by atoms with Gasteiger partial charge in [0.05, 0.1) is 0 Å². The summed E-state index contributed by atoms with van der Waals surface area (Å²) in [5.74, 6) is -1.10. The summed E-state index contributed by atoms with van der Waals surface area (Å²) in [7, 11) is 0. The molecule has 0 aliphatic carbocycles. The van der Waals surface area contributed by atoms with Crippen LogP contribution in [0.1, 0.15) is 16.2 Å². The second kappa shape index (κ2) is 4.20. The van der Waals surface area contributed by atoms with Gasteiger partial charge in [-0.3, -0.25) is 4.40 Å². The average molecular weight is 253 g/mol. The molecule has 0 aliphatic heterocycles. The quantitative estimate of drug-likeness (QED) is 0.761. The van der Waals surface area contributed by atoms with Gasteiger partial charge in [0, 0.05) is 18.0 Å². The molecule has 0 saturated carbocycles. The standard InChI is InChI=1S/C14H11N3O2/c1-9-3-5-10(6-4-9)11-12-15-7-2-8-17(12)13(16-11)14(18)19/h2-8H,1H3,(H,18,19). The molecule has 5 nitrogen and oxygen atoms in total. The fraction of sp³-hybridized carbons (Fsp3) is 0.0714. The molecule has 19 heavy (non-hydrogen) atoms.